The minimum absolute atomic E-state index is 0.109. The summed E-state index contributed by atoms with van der Waals surface area (Å²) in [6.45, 7) is 5.73. The van der Waals surface area contributed by atoms with Gasteiger partial charge in [0.15, 0.2) is 0 Å². The molecule has 1 saturated heterocycles. The molecule has 0 atom stereocenters. The highest BCUT2D eigenvalue weighted by atomic mass is 32.2. The number of hydrogen-bond donors (Lipinski definition) is 1. The Hall–Kier alpha value is -2.84. The Morgan fingerprint density at radius 3 is 2.55 bits per heavy atom. The van der Waals surface area contributed by atoms with Crippen LogP contribution in [0.1, 0.15) is 44.0 Å². The van der Waals surface area contributed by atoms with Gasteiger partial charge in [0.2, 0.25) is 5.91 Å². The molecule has 3 aromatic rings. The molecule has 7 nitrogen and oxygen atoms in total. The number of primary amides is 1. The Bertz CT molecular complexity index is 1180. The molecule has 2 heterocycles. The number of benzene rings is 2. The van der Waals surface area contributed by atoms with Crippen molar-refractivity contribution in [2.24, 2.45) is 5.73 Å². The maximum absolute atomic E-state index is 12.8. The maximum Gasteiger partial charge on any atom is 0.350 e. The smallest absolute Gasteiger partial charge is 0.350 e. The average molecular weight is 467 g/mol. The van der Waals surface area contributed by atoms with Crippen LogP contribution in [0, 0.1) is 6.92 Å². The number of carbonyl (C=O) groups excluding carboxylic acids is 1. The normalized spacial score (nSPS) is 15.5. The van der Waals surface area contributed by atoms with E-state index in [0.29, 0.717) is 32.6 Å². The second-order valence-electron chi connectivity index (χ2n) is 8.43. The molecule has 174 valence electrons. The van der Waals surface area contributed by atoms with E-state index in [0.717, 1.165) is 39.7 Å². The molecule has 1 fully saturated rings. The van der Waals surface area contributed by atoms with Crippen LogP contribution in [-0.2, 0) is 21.5 Å². The second-order valence-corrected chi connectivity index (χ2v) is 9.58. The number of unbranched alkanes of at least 4 members (excludes halogenated alkanes) is 1. The number of amides is 1. The summed E-state index contributed by atoms with van der Waals surface area (Å²) in [7, 11) is 0. The number of nitrogens with zero attached hydrogens (tertiary/aromatic N) is 3. The zero-order chi connectivity index (χ0) is 23.4. The van der Waals surface area contributed by atoms with Crippen molar-refractivity contribution < 1.29 is 9.53 Å². The van der Waals surface area contributed by atoms with E-state index in [2.05, 4.69) is 18.1 Å². The Kier molecular flexibility index (Phi) is 7.05. The summed E-state index contributed by atoms with van der Waals surface area (Å²) in [5, 5.41) is 4.44. The molecule has 4 rings (SSSR count). The number of ether oxygens (including phenoxy) is 1. The summed E-state index contributed by atoms with van der Waals surface area (Å²) in [6, 6.07) is 15.8. The van der Waals surface area contributed by atoms with E-state index in [1.165, 1.54) is 4.68 Å². The van der Waals surface area contributed by atoms with Crippen LogP contribution in [0.15, 0.2) is 63.1 Å². The third-order valence-electron chi connectivity index (χ3n) is 6.30. The zero-order valence-electron chi connectivity index (χ0n) is 19.1. The lowest BCUT2D eigenvalue weighted by atomic mass is 9.73. The molecule has 2 aromatic carbocycles. The molecule has 0 saturated carbocycles. The van der Waals surface area contributed by atoms with Crippen molar-refractivity contribution in [1.29, 1.82) is 0 Å². The molecule has 0 aliphatic carbocycles. The van der Waals surface area contributed by atoms with E-state index >= 15 is 0 Å². The Labute approximate surface area is 197 Å². The average Bonchev–Trinajstić information content (AvgIpc) is 3.11. The van der Waals surface area contributed by atoms with Gasteiger partial charge in [-0.3, -0.25) is 9.36 Å². The molecule has 1 amide bonds. The number of aryl methyl sites for hydroxylation is 1. The van der Waals surface area contributed by atoms with E-state index in [9.17, 15) is 9.59 Å². The summed E-state index contributed by atoms with van der Waals surface area (Å²) in [5.74, 6) is 0.427. The Morgan fingerprint density at radius 2 is 1.88 bits per heavy atom. The molecule has 0 unspecified atom stereocenters. The van der Waals surface area contributed by atoms with E-state index in [-0.39, 0.29) is 11.6 Å². The summed E-state index contributed by atoms with van der Waals surface area (Å²) in [5.41, 5.74) is 6.73. The first-order chi connectivity index (χ1) is 15.9. The van der Waals surface area contributed by atoms with Crippen molar-refractivity contribution in [3.8, 4) is 5.69 Å². The van der Waals surface area contributed by atoms with Gasteiger partial charge in [-0.1, -0.05) is 37.2 Å². The van der Waals surface area contributed by atoms with Crippen molar-refractivity contribution in [1.82, 2.24) is 14.3 Å². The summed E-state index contributed by atoms with van der Waals surface area (Å²) < 4.78 is 8.65. The van der Waals surface area contributed by atoms with Crippen molar-refractivity contribution in [2.45, 2.75) is 61.3 Å². The van der Waals surface area contributed by atoms with Crippen LogP contribution < -0.4 is 11.4 Å². The van der Waals surface area contributed by atoms with Crippen LogP contribution in [0.5, 0.6) is 0 Å². The Morgan fingerprint density at radius 1 is 1.15 bits per heavy atom. The molecule has 1 aliphatic heterocycles. The molecule has 1 aliphatic rings. The number of aromatic nitrogens is 3. The molecule has 33 heavy (non-hydrogen) atoms. The molecule has 8 heteroatoms. The summed E-state index contributed by atoms with van der Waals surface area (Å²) in [4.78, 5) is 27.2. The van der Waals surface area contributed by atoms with Crippen molar-refractivity contribution in [3.05, 3.63) is 70.4 Å². The highest BCUT2D eigenvalue weighted by Crippen LogP contribution is 2.37. The van der Waals surface area contributed by atoms with Gasteiger partial charge in [-0.2, -0.15) is 9.78 Å². The number of hydrogen-bond acceptors (Lipinski definition) is 5. The fourth-order valence-corrected chi connectivity index (χ4v) is 5.16. The van der Waals surface area contributed by atoms with Crippen LogP contribution in [-0.4, -0.2) is 33.5 Å². The fraction of sp³-hybridized carbons (Fsp3) is 0.400. The lowest BCUT2D eigenvalue weighted by molar-refractivity contribution is -0.127. The van der Waals surface area contributed by atoms with Gasteiger partial charge in [0.1, 0.15) is 5.82 Å². The molecule has 2 N–H and O–H groups in total. The van der Waals surface area contributed by atoms with Crippen molar-refractivity contribution in [2.75, 3.05) is 13.2 Å². The molecule has 1 aromatic heterocycles. The third-order valence-corrected chi connectivity index (χ3v) is 7.30. The molecule has 0 spiro atoms. The largest absolute Gasteiger partial charge is 0.381 e. The van der Waals surface area contributed by atoms with E-state index in [1.807, 2.05) is 49.4 Å². The first-order valence-corrected chi connectivity index (χ1v) is 12.2. The van der Waals surface area contributed by atoms with Crippen LogP contribution in [0.25, 0.3) is 5.69 Å². The molecule has 0 bridgehead atoms. The monoisotopic (exact) mass is 466 g/mol. The number of nitrogens with two attached hydrogens (primary N) is 1. The van der Waals surface area contributed by atoms with Crippen molar-refractivity contribution >= 4 is 17.7 Å². The quantitative estimate of drug-likeness (QED) is 0.545. The van der Waals surface area contributed by atoms with Crippen LogP contribution in [0.2, 0.25) is 0 Å². The predicted molar refractivity (Wildman–Crippen MR) is 129 cm³/mol. The van der Waals surface area contributed by atoms with Gasteiger partial charge in [0.05, 0.1) is 11.1 Å². The molecular formula is C25H30N4O3S. The zero-order valence-corrected chi connectivity index (χ0v) is 19.9. The van der Waals surface area contributed by atoms with Crippen molar-refractivity contribution in [3.63, 3.8) is 0 Å². The van der Waals surface area contributed by atoms with Crippen LogP contribution >= 0.6 is 11.8 Å². The minimum atomic E-state index is -0.672. The van der Waals surface area contributed by atoms with Gasteiger partial charge in [-0.25, -0.2) is 4.79 Å². The van der Waals surface area contributed by atoms with Gasteiger partial charge in [-0.15, -0.1) is 0 Å². The minimum Gasteiger partial charge on any atom is -0.381 e. The molecule has 0 radical (unpaired) electrons. The van der Waals surface area contributed by atoms with Gasteiger partial charge in [0.25, 0.3) is 0 Å². The second kappa shape index (κ2) is 9.97. The number of carbonyl (C=O) groups is 1. The lowest BCUT2D eigenvalue weighted by Gasteiger charge is -2.34. The highest BCUT2D eigenvalue weighted by Gasteiger charge is 2.40. The van der Waals surface area contributed by atoms with Gasteiger partial charge in [0, 0.05) is 29.5 Å². The highest BCUT2D eigenvalue weighted by molar-refractivity contribution is 7.99. The van der Waals surface area contributed by atoms with Gasteiger partial charge in [-0.05, 0) is 68.1 Å². The lowest BCUT2D eigenvalue weighted by Crippen LogP contribution is -2.45. The first-order valence-electron chi connectivity index (χ1n) is 11.4. The third kappa shape index (κ3) is 4.77. The van der Waals surface area contributed by atoms with Gasteiger partial charge >= 0.3 is 5.69 Å². The SMILES string of the molecule is CCCCn1c(C)nn(-c2ccc(Sc3cccc(C4(C(N)=O)CCOCC4)c3)cc2)c1=O. The fourth-order valence-electron chi connectivity index (χ4n) is 4.28. The topological polar surface area (TPSA) is 92.1 Å². The van der Waals surface area contributed by atoms with E-state index in [1.54, 1.807) is 16.3 Å². The first kappa shape index (κ1) is 23.3. The van der Waals surface area contributed by atoms with Gasteiger partial charge < -0.3 is 10.5 Å². The predicted octanol–water partition coefficient (Wildman–Crippen LogP) is 3.83. The van der Waals surface area contributed by atoms with Crippen LogP contribution in [0.3, 0.4) is 0 Å². The molecular weight excluding hydrogens is 436 g/mol. The summed E-state index contributed by atoms with van der Waals surface area (Å²) in [6.07, 6.45) is 3.18. The van der Waals surface area contributed by atoms with E-state index in [4.69, 9.17) is 10.5 Å². The van der Waals surface area contributed by atoms with Crippen LogP contribution in [0.4, 0.5) is 0 Å². The Balaban J connectivity index is 1.54. The van der Waals surface area contributed by atoms with E-state index < -0.39 is 5.41 Å². The number of rotatable bonds is 8. The standard InChI is InChI=1S/C25H30N4O3S/c1-3-4-14-28-18(2)27-29(24(28)31)20-8-10-21(11-9-20)33-22-7-5-6-19(17-22)25(23(26)30)12-15-32-16-13-25/h5-11,17H,3-4,12-16H2,1-2H3,(H2,26,30). The summed E-state index contributed by atoms with van der Waals surface area (Å²) >= 11 is 1.61. The maximum atomic E-state index is 12.8.